The van der Waals surface area contributed by atoms with Gasteiger partial charge < -0.3 is 5.32 Å². The third-order valence-corrected chi connectivity index (χ3v) is 2.96. The Bertz CT molecular complexity index is 636. The Labute approximate surface area is 111 Å². The maximum atomic E-state index is 5.87. The van der Waals surface area contributed by atoms with Crippen LogP contribution in [0.15, 0.2) is 35.5 Å². The molecule has 0 aliphatic heterocycles. The van der Waals surface area contributed by atoms with Gasteiger partial charge in [-0.15, -0.1) is 0 Å². The second kappa shape index (κ2) is 4.71. The van der Waals surface area contributed by atoms with Crippen LogP contribution in [0.4, 0.5) is 11.6 Å². The highest BCUT2D eigenvalue weighted by atomic mass is 35.5. The highest BCUT2D eigenvalue weighted by Gasteiger charge is 2.06. The van der Waals surface area contributed by atoms with Gasteiger partial charge >= 0.3 is 0 Å². The fourth-order valence-corrected chi connectivity index (χ4v) is 2.10. The summed E-state index contributed by atoms with van der Waals surface area (Å²) in [4.78, 5) is 16.3. The van der Waals surface area contributed by atoms with Crippen LogP contribution in [0.25, 0.3) is 5.95 Å². The molecule has 3 aromatic heterocycles. The van der Waals surface area contributed by atoms with Crippen molar-refractivity contribution in [3.05, 3.63) is 40.8 Å². The normalized spacial score (nSPS) is 10.5. The molecule has 6 nitrogen and oxygen atoms in total. The van der Waals surface area contributed by atoms with Crippen LogP contribution < -0.4 is 5.32 Å². The Balaban J connectivity index is 1.96. The van der Waals surface area contributed by atoms with Crippen LogP contribution in [0, 0.1) is 0 Å². The molecule has 0 amide bonds. The van der Waals surface area contributed by atoms with Gasteiger partial charge in [-0.3, -0.25) is 4.57 Å². The Hall–Kier alpha value is -1.99. The molecule has 0 aromatic carbocycles. The molecular formula is C10H7ClN6S. The van der Waals surface area contributed by atoms with E-state index in [1.54, 1.807) is 34.6 Å². The summed E-state index contributed by atoms with van der Waals surface area (Å²) in [7, 11) is 0. The minimum absolute atomic E-state index is 0.131. The number of aromatic nitrogens is 5. The van der Waals surface area contributed by atoms with Gasteiger partial charge in [-0.25, -0.2) is 4.98 Å². The zero-order valence-corrected chi connectivity index (χ0v) is 10.6. The van der Waals surface area contributed by atoms with Gasteiger partial charge in [-0.05, 0) is 23.0 Å². The van der Waals surface area contributed by atoms with E-state index in [2.05, 4.69) is 25.3 Å². The molecule has 0 bridgehead atoms. The van der Waals surface area contributed by atoms with Crippen LogP contribution in [0.5, 0.6) is 0 Å². The van der Waals surface area contributed by atoms with E-state index in [0.29, 0.717) is 11.9 Å². The SMILES string of the molecule is Clc1nc(Nc2ccsc2)nc(-n2ccnc2)n1. The van der Waals surface area contributed by atoms with Crippen molar-refractivity contribution in [3.63, 3.8) is 0 Å². The monoisotopic (exact) mass is 278 g/mol. The molecule has 90 valence electrons. The molecule has 0 fully saturated rings. The minimum atomic E-state index is 0.131. The smallest absolute Gasteiger partial charge is 0.241 e. The van der Waals surface area contributed by atoms with Crippen LogP contribution >= 0.6 is 22.9 Å². The fraction of sp³-hybridized carbons (Fsp3) is 0. The number of anilines is 2. The van der Waals surface area contributed by atoms with Crippen molar-refractivity contribution in [1.82, 2.24) is 24.5 Å². The van der Waals surface area contributed by atoms with Gasteiger partial charge in [0.15, 0.2) is 0 Å². The van der Waals surface area contributed by atoms with Crippen molar-refractivity contribution in [1.29, 1.82) is 0 Å². The zero-order valence-electron chi connectivity index (χ0n) is 8.99. The summed E-state index contributed by atoms with van der Waals surface area (Å²) in [6.45, 7) is 0. The Morgan fingerprint density at radius 3 is 2.94 bits per heavy atom. The van der Waals surface area contributed by atoms with Crippen LogP contribution in [0.3, 0.4) is 0 Å². The van der Waals surface area contributed by atoms with E-state index < -0.39 is 0 Å². The van der Waals surface area contributed by atoms with Gasteiger partial charge in [0.2, 0.25) is 17.2 Å². The lowest BCUT2D eigenvalue weighted by molar-refractivity contribution is 0.899. The number of imidazole rings is 1. The van der Waals surface area contributed by atoms with Crippen molar-refractivity contribution in [2.75, 3.05) is 5.32 Å². The fourth-order valence-electron chi connectivity index (χ4n) is 1.35. The number of nitrogens with one attached hydrogen (secondary N) is 1. The third kappa shape index (κ3) is 2.31. The molecule has 3 heterocycles. The predicted molar refractivity (Wildman–Crippen MR) is 69.6 cm³/mol. The number of halogens is 1. The first kappa shape index (κ1) is 11.1. The first-order valence-electron chi connectivity index (χ1n) is 5.00. The first-order valence-corrected chi connectivity index (χ1v) is 6.32. The lowest BCUT2D eigenvalue weighted by Gasteiger charge is -2.05. The average Bonchev–Trinajstić information content (AvgIpc) is 3.00. The molecule has 0 radical (unpaired) electrons. The van der Waals surface area contributed by atoms with Crippen LogP contribution in [0.2, 0.25) is 5.28 Å². The molecule has 1 N–H and O–H groups in total. The Kier molecular flexibility index (Phi) is 2.91. The van der Waals surface area contributed by atoms with Crippen LogP contribution in [-0.2, 0) is 0 Å². The standard InChI is InChI=1S/C10H7ClN6S/c11-8-14-9(13-7-1-4-18-5-7)16-10(15-8)17-3-2-12-6-17/h1-6H,(H,13,14,15,16). The molecule has 8 heteroatoms. The maximum absolute atomic E-state index is 5.87. The van der Waals surface area contributed by atoms with Crippen LogP contribution in [0.1, 0.15) is 0 Å². The third-order valence-electron chi connectivity index (χ3n) is 2.11. The van der Waals surface area contributed by atoms with Gasteiger partial charge in [0.05, 0.1) is 5.69 Å². The van der Waals surface area contributed by atoms with E-state index >= 15 is 0 Å². The molecule has 0 unspecified atom stereocenters. The summed E-state index contributed by atoms with van der Waals surface area (Å²) in [5, 5.41) is 7.10. The Morgan fingerprint density at radius 2 is 2.22 bits per heavy atom. The van der Waals surface area contributed by atoms with E-state index in [0.717, 1.165) is 5.69 Å². The van der Waals surface area contributed by atoms with Crippen molar-refractivity contribution >= 4 is 34.6 Å². The van der Waals surface area contributed by atoms with Gasteiger partial charge in [0.1, 0.15) is 6.33 Å². The highest BCUT2D eigenvalue weighted by molar-refractivity contribution is 7.08. The summed E-state index contributed by atoms with van der Waals surface area (Å²) in [5.74, 6) is 0.822. The topological polar surface area (TPSA) is 68.5 Å². The molecule has 18 heavy (non-hydrogen) atoms. The molecule has 0 saturated carbocycles. The molecule has 3 aromatic rings. The average molecular weight is 279 g/mol. The summed E-state index contributed by atoms with van der Waals surface area (Å²) in [6, 6.07) is 1.93. The van der Waals surface area contributed by atoms with Crippen molar-refractivity contribution in [2.24, 2.45) is 0 Å². The molecule has 0 atom stereocenters. The quantitative estimate of drug-likeness (QED) is 0.797. The number of rotatable bonds is 3. The van der Waals surface area contributed by atoms with Crippen LogP contribution in [-0.4, -0.2) is 24.5 Å². The summed E-state index contributed by atoms with van der Waals surface area (Å²) >= 11 is 7.46. The van der Waals surface area contributed by atoms with Gasteiger partial charge in [0, 0.05) is 17.8 Å². The minimum Gasteiger partial charge on any atom is -0.323 e. The van der Waals surface area contributed by atoms with Gasteiger partial charge in [-0.2, -0.15) is 26.3 Å². The molecule has 0 aliphatic carbocycles. The lowest BCUT2D eigenvalue weighted by Crippen LogP contribution is -2.05. The van der Waals surface area contributed by atoms with E-state index in [4.69, 9.17) is 11.6 Å². The van der Waals surface area contributed by atoms with Gasteiger partial charge in [0.25, 0.3) is 0 Å². The second-order valence-electron chi connectivity index (χ2n) is 3.34. The molecule has 3 rings (SSSR count). The first-order chi connectivity index (χ1) is 8.81. The predicted octanol–water partition coefficient (Wildman–Crippen LogP) is 2.52. The largest absolute Gasteiger partial charge is 0.323 e. The van der Waals surface area contributed by atoms with E-state index in [9.17, 15) is 0 Å². The molecular weight excluding hydrogens is 272 g/mol. The number of hydrogen-bond acceptors (Lipinski definition) is 6. The molecule has 0 aliphatic rings. The number of thiophene rings is 1. The van der Waals surface area contributed by atoms with E-state index in [1.807, 2.05) is 16.8 Å². The van der Waals surface area contributed by atoms with Crippen molar-refractivity contribution in [2.45, 2.75) is 0 Å². The van der Waals surface area contributed by atoms with E-state index in [-0.39, 0.29) is 5.28 Å². The second-order valence-corrected chi connectivity index (χ2v) is 4.45. The van der Waals surface area contributed by atoms with Crippen molar-refractivity contribution in [3.8, 4) is 5.95 Å². The Morgan fingerprint density at radius 1 is 1.28 bits per heavy atom. The zero-order chi connectivity index (χ0) is 12.4. The maximum Gasteiger partial charge on any atom is 0.241 e. The number of nitrogens with zero attached hydrogens (tertiary/aromatic N) is 5. The summed E-state index contributed by atoms with van der Waals surface area (Å²) in [5.41, 5.74) is 0.916. The molecule has 0 spiro atoms. The number of hydrogen-bond donors (Lipinski definition) is 1. The van der Waals surface area contributed by atoms with Gasteiger partial charge in [-0.1, -0.05) is 0 Å². The molecule has 0 saturated heterocycles. The summed E-state index contributed by atoms with van der Waals surface area (Å²) < 4.78 is 1.66. The lowest BCUT2D eigenvalue weighted by atomic mass is 10.5. The highest BCUT2D eigenvalue weighted by Crippen LogP contribution is 2.17. The summed E-state index contributed by atoms with van der Waals surface area (Å²) in [6.07, 6.45) is 4.98. The van der Waals surface area contributed by atoms with E-state index in [1.165, 1.54) is 0 Å². The van der Waals surface area contributed by atoms with Crippen molar-refractivity contribution < 1.29 is 0 Å².